The summed E-state index contributed by atoms with van der Waals surface area (Å²) >= 11 is 11.9. The first kappa shape index (κ1) is 24.3. The van der Waals surface area contributed by atoms with Gasteiger partial charge in [-0.25, -0.2) is 4.79 Å². The zero-order valence-corrected chi connectivity index (χ0v) is 19.8. The molecule has 1 aromatic carbocycles. The molecule has 0 saturated carbocycles. The lowest BCUT2D eigenvalue weighted by Gasteiger charge is -2.46. The Labute approximate surface area is 196 Å². The average Bonchev–Trinajstić information content (AvgIpc) is 3.06. The van der Waals surface area contributed by atoms with Crippen LogP contribution in [0.3, 0.4) is 0 Å². The Morgan fingerprint density at radius 2 is 1.94 bits per heavy atom. The van der Waals surface area contributed by atoms with Crippen molar-refractivity contribution in [2.75, 3.05) is 20.1 Å². The van der Waals surface area contributed by atoms with E-state index in [1.165, 1.54) is 12.1 Å². The Kier molecular flexibility index (Phi) is 6.79. The van der Waals surface area contributed by atoms with Gasteiger partial charge >= 0.3 is 18.6 Å². The number of quaternary nitrogens is 1. The lowest BCUT2D eigenvalue weighted by Crippen LogP contribution is -2.73. The van der Waals surface area contributed by atoms with Gasteiger partial charge < -0.3 is 24.3 Å². The van der Waals surface area contributed by atoms with Crippen molar-refractivity contribution in [2.24, 2.45) is 5.92 Å². The largest absolute Gasteiger partial charge is 0.605 e. The number of nitrogens with zero attached hydrogens (tertiary/aromatic N) is 1. The van der Waals surface area contributed by atoms with Crippen molar-refractivity contribution in [3.63, 3.8) is 0 Å². The molecule has 174 valence electrons. The molecule has 2 N–H and O–H groups in total. The van der Waals surface area contributed by atoms with Crippen LogP contribution in [0.1, 0.15) is 37.6 Å². The zero-order valence-electron chi connectivity index (χ0n) is 18.3. The van der Waals surface area contributed by atoms with Crippen molar-refractivity contribution in [1.29, 1.82) is 0 Å². The fraction of sp³-hybridized carbons (Fsp3) is 0.500. The number of fused-ring (bicyclic) bond motifs is 1. The first-order valence-electron chi connectivity index (χ1n) is 10.4. The third kappa shape index (κ3) is 4.31. The van der Waals surface area contributed by atoms with Crippen LogP contribution in [0.5, 0.6) is 0 Å². The molecule has 2 amide bonds. The van der Waals surface area contributed by atoms with Gasteiger partial charge in [0.25, 0.3) is 5.91 Å². The van der Waals surface area contributed by atoms with Crippen LogP contribution in [0.25, 0.3) is 0 Å². The van der Waals surface area contributed by atoms with Crippen LogP contribution in [-0.2, 0) is 23.7 Å². The van der Waals surface area contributed by atoms with Gasteiger partial charge in [-0.05, 0) is 37.5 Å². The maximum Gasteiger partial charge on any atom is 0.605 e. The number of carbonyl (C=O) groups excluding carboxylic acids is 4. The van der Waals surface area contributed by atoms with Crippen molar-refractivity contribution in [2.45, 2.75) is 39.2 Å². The Bertz CT molecular complexity index is 977. The second-order valence-electron chi connectivity index (χ2n) is 8.95. The van der Waals surface area contributed by atoms with Crippen LogP contribution >= 0.6 is 23.2 Å². The summed E-state index contributed by atoms with van der Waals surface area (Å²) in [7, 11) is 1.73. The monoisotopic (exact) mass is 485 g/mol. The number of rotatable bonds is 7. The molecule has 12 heteroatoms. The molecule has 3 rings (SSSR count). The van der Waals surface area contributed by atoms with Crippen molar-refractivity contribution in [3.05, 3.63) is 33.8 Å². The predicted molar refractivity (Wildman–Crippen MR) is 119 cm³/mol. The molecule has 0 aromatic heterocycles. The average molecular weight is 486 g/mol. The van der Waals surface area contributed by atoms with E-state index in [1.54, 1.807) is 20.0 Å². The summed E-state index contributed by atoms with van der Waals surface area (Å²) < 4.78 is 11.2. The second kappa shape index (κ2) is 8.92. The number of amides is 2. The fourth-order valence-corrected chi connectivity index (χ4v) is 4.83. The molecule has 32 heavy (non-hydrogen) atoms. The van der Waals surface area contributed by atoms with E-state index in [-0.39, 0.29) is 34.0 Å². The summed E-state index contributed by atoms with van der Waals surface area (Å²) in [6.07, 6.45) is 0.404. The summed E-state index contributed by atoms with van der Waals surface area (Å²) in [5.74, 6) is -2.71. The number of halogens is 2. The van der Waals surface area contributed by atoms with E-state index in [1.807, 2.05) is 13.8 Å². The third-order valence-corrected chi connectivity index (χ3v) is 6.83. The van der Waals surface area contributed by atoms with E-state index in [2.05, 4.69) is 10.6 Å². The van der Waals surface area contributed by atoms with Gasteiger partial charge in [0.05, 0.1) is 23.1 Å². The summed E-state index contributed by atoms with van der Waals surface area (Å²) in [4.78, 5) is 49.8. The Hall–Kier alpha value is -2.30. The molecule has 2 saturated heterocycles. The summed E-state index contributed by atoms with van der Waals surface area (Å²) in [5.41, 5.74) is 0.140. The maximum absolute atomic E-state index is 12.8. The molecule has 2 fully saturated rings. The smallest absolute Gasteiger partial charge is 0.599 e. The van der Waals surface area contributed by atoms with Crippen LogP contribution in [0.15, 0.2) is 18.2 Å². The molecule has 9 nitrogen and oxygen atoms in total. The van der Waals surface area contributed by atoms with Gasteiger partial charge in [0.2, 0.25) is 5.91 Å². The zero-order chi connectivity index (χ0) is 23.8. The predicted octanol–water partition coefficient (Wildman–Crippen LogP) is 1.68. The molecule has 2 aliphatic heterocycles. The highest BCUT2D eigenvalue weighted by molar-refractivity contribution is 6.68. The highest BCUT2D eigenvalue weighted by atomic mass is 35.5. The van der Waals surface area contributed by atoms with E-state index in [0.29, 0.717) is 11.4 Å². The van der Waals surface area contributed by atoms with Crippen LogP contribution in [0, 0.1) is 5.92 Å². The van der Waals surface area contributed by atoms with Crippen LogP contribution in [0.2, 0.25) is 10.0 Å². The molecule has 2 aliphatic rings. The minimum atomic E-state index is -2.51. The molecular formula is C20H26BCl2N3O6. The lowest BCUT2D eigenvalue weighted by atomic mass is 9.57. The third-order valence-electron chi connectivity index (χ3n) is 6.27. The molecule has 1 aromatic rings. The summed E-state index contributed by atoms with van der Waals surface area (Å²) in [5, 5.41) is 5.85. The molecule has 2 heterocycles. The van der Waals surface area contributed by atoms with E-state index >= 15 is 0 Å². The van der Waals surface area contributed by atoms with Gasteiger partial charge in [0.1, 0.15) is 12.6 Å². The molecule has 0 radical (unpaired) electrons. The molecule has 0 spiro atoms. The van der Waals surface area contributed by atoms with Gasteiger partial charge in [-0.1, -0.05) is 37.0 Å². The summed E-state index contributed by atoms with van der Waals surface area (Å²) in [6, 6.07) is 3.83. The Balaban J connectivity index is 1.77. The molecule has 0 aliphatic carbocycles. The van der Waals surface area contributed by atoms with Crippen molar-refractivity contribution in [3.8, 4) is 0 Å². The quantitative estimate of drug-likeness (QED) is 0.568. The van der Waals surface area contributed by atoms with Gasteiger partial charge in [0.15, 0.2) is 0 Å². The van der Waals surface area contributed by atoms with E-state index in [4.69, 9.17) is 32.5 Å². The van der Waals surface area contributed by atoms with E-state index in [9.17, 15) is 19.2 Å². The standard InChI is InChI=1S/C20H26BCl2N3O6/c1-11(2)7-16(21-26(4,10-18(28)31-21)12(3)20(30)32-21)25-17(27)9-24-19(29)14-8-13(22)5-6-15(14)23/h5-6,8,11-12,16H,7,9-10H2,1-4H3,(H,24,29)(H,25,27)/t12-,16+,21?,26?/m1/s1. The van der Waals surface area contributed by atoms with Crippen molar-refractivity contribution < 1.29 is 32.9 Å². The van der Waals surface area contributed by atoms with Crippen molar-refractivity contribution >= 4 is 53.6 Å². The van der Waals surface area contributed by atoms with Gasteiger partial charge in [0, 0.05) is 12.1 Å². The number of benzene rings is 1. The van der Waals surface area contributed by atoms with Crippen LogP contribution < -0.4 is 10.6 Å². The van der Waals surface area contributed by atoms with Crippen LogP contribution in [-0.4, -0.2) is 67.0 Å². The fourth-order valence-electron chi connectivity index (χ4n) is 4.45. The first-order chi connectivity index (χ1) is 14.9. The SMILES string of the molecule is CC(C)C[C@H](NC(=O)CNC(=O)c1cc(Cl)ccc1Cl)[B-]12OC(=O)C[N+]1(C)[C@H](C)C(=O)O2. The highest BCUT2D eigenvalue weighted by Gasteiger charge is 2.72. The number of nitrogens with one attached hydrogen (secondary N) is 2. The van der Waals surface area contributed by atoms with E-state index in [0.717, 1.165) is 0 Å². The van der Waals surface area contributed by atoms with Crippen LogP contribution in [0.4, 0.5) is 0 Å². The highest BCUT2D eigenvalue weighted by Crippen LogP contribution is 2.41. The van der Waals surface area contributed by atoms with E-state index < -0.39 is 42.4 Å². The van der Waals surface area contributed by atoms with Crippen molar-refractivity contribution in [1.82, 2.24) is 10.6 Å². The van der Waals surface area contributed by atoms with Gasteiger partial charge in [-0.15, -0.1) is 0 Å². The maximum atomic E-state index is 12.8. The molecule has 0 bridgehead atoms. The minimum Gasteiger partial charge on any atom is -0.599 e. The lowest BCUT2D eigenvalue weighted by molar-refractivity contribution is -0.817. The minimum absolute atomic E-state index is 0.0264. The Morgan fingerprint density at radius 3 is 2.59 bits per heavy atom. The molecule has 2 unspecified atom stereocenters. The number of likely N-dealkylation sites (N-methyl/N-ethyl adjacent to an activating group) is 1. The molecular weight excluding hydrogens is 460 g/mol. The second-order valence-corrected chi connectivity index (χ2v) is 9.79. The number of hydrogen-bond donors (Lipinski definition) is 2. The number of carbonyl (C=O) groups is 4. The normalized spacial score (nSPS) is 27.5. The van der Waals surface area contributed by atoms with Gasteiger partial charge in [-0.3, -0.25) is 14.4 Å². The number of hydrogen-bond acceptors (Lipinski definition) is 6. The topological polar surface area (TPSA) is 111 Å². The molecule has 4 atom stereocenters. The Morgan fingerprint density at radius 1 is 1.25 bits per heavy atom. The first-order valence-corrected chi connectivity index (χ1v) is 11.1. The summed E-state index contributed by atoms with van der Waals surface area (Å²) in [6.45, 7) is 2.67. The van der Waals surface area contributed by atoms with Gasteiger partial charge in [-0.2, -0.15) is 0 Å².